The maximum atomic E-state index is 12.1. The van der Waals surface area contributed by atoms with Crippen molar-refractivity contribution in [2.24, 2.45) is 5.73 Å². The summed E-state index contributed by atoms with van der Waals surface area (Å²) >= 11 is 1.47. The molecule has 1 aliphatic carbocycles. The van der Waals surface area contributed by atoms with Crippen LogP contribution in [0, 0.1) is 0 Å². The van der Waals surface area contributed by atoms with Crippen LogP contribution in [0.1, 0.15) is 44.1 Å². The minimum absolute atomic E-state index is 0.254. The molecule has 2 amide bonds. The topological polar surface area (TPSA) is 88.0 Å². The number of thiophene rings is 1. The molecule has 0 aromatic carbocycles. The molecule has 0 fully saturated rings. The molecule has 2 aromatic heterocycles. The molecule has 0 aliphatic heterocycles. The van der Waals surface area contributed by atoms with Crippen molar-refractivity contribution in [2.75, 3.05) is 5.32 Å². The summed E-state index contributed by atoms with van der Waals surface area (Å²) in [7, 11) is 0. The summed E-state index contributed by atoms with van der Waals surface area (Å²) in [4.78, 5) is 27.8. The largest absolute Gasteiger partial charge is 0.365 e. The Morgan fingerprint density at radius 2 is 2.10 bits per heavy atom. The van der Waals surface area contributed by atoms with E-state index in [4.69, 9.17) is 5.73 Å². The molecule has 5 nitrogen and oxygen atoms in total. The fourth-order valence-corrected chi connectivity index (χ4v) is 3.85. The first-order valence-corrected chi connectivity index (χ1v) is 7.37. The third kappa shape index (κ3) is 2.22. The van der Waals surface area contributed by atoms with Gasteiger partial charge in [-0.05, 0) is 43.4 Å². The Morgan fingerprint density at radius 3 is 2.80 bits per heavy atom. The molecule has 1 aliphatic rings. The number of fused-ring (bicyclic) bond motifs is 1. The second-order valence-electron chi connectivity index (χ2n) is 4.82. The van der Waals surface area contributed by atoms with E-state index in [-0.39, 0.29) is 5.91 Å². The van der Waals surface area contributed by atoms with Crippen molar-refractivity contribution in [3.8, 4) is 0 Å². The molecule has 0 bridgehead atoms. The number of amides is 2. The van der Waals surface area contributed by atoms with Crippen molar-refractivity contribution in [1.29, 1.82) is 0 Å². The molecule has 0 saturated heterocycles. The van der Waals surface area contributed by atoms with Crippen molar-refractivity contribution in [3.05, 3.63) is 40.0 Å². The first-order valence-electron chi connectivity index (χ1n) is 6.56. The molecular formula is C14H15N3O2S. The van der Waals surface area contributed by atoms with Gasteiger partial charge in [0.2, 0.25) is 0 Å². The molecule has 3 rings (SSSR count). The van der Waals surface area contributed by atoms with Crippen molar-refractivity contribution < 1.29 is 9.59 Å². The zero-order valence-corrected chi connectivity index (χ0v) is 11.7. The van der Waals surface area contributed by atoms with Gasteiger partial charge >= 0.3 is 0 Å². The van der Waals surface area contributed by atoms with E-state index in [0.29, 0.717) is 16.3 Å². The molecule has 6 heteroatoms. The molecule has 0 spiro atoms. The molecule has 104 valence electrons. The third-order valence-corrected chi connectivity index (χ3v) is 4.69. The van der Waals surface area contributed by atoms with Crippen molar-refractivity contribution in [1.82, 2.24) is 4.98 Å². The van der Waals surface area contributed by atoms with Gasteiger partial charge in [-0.1, -0.05) is 0 Å². The molecule has 20 heavy (non-hydrogen) atoms. The Bertz CT molecular complexity index is 658. The molecule has 2 aromatic rings. The Kier molecular flexibility index (Phi) is 3.31. The summed E-state index contributed by atoms with van der Waals surface area (Å²) in [6.07, 6.45) is 5.69. The standard InChI is InChI=1S/C14H15N3O2S/c15-12(18)11-8-4-1-2-6-10(8)20-14(11)17-13(19)9-5-3-7-16-9/h3,5,7,16H,1-2,4,6H2,(H2,15,18)(H,17,19). The summed E-state index contributed by atoms with van der Waals surface area (Å²) in [6, 6.07) is 3.44. The summed E-state index contributed by atoms with van der Waals surface area (Å²) < 4.78 is 0. The molecule has 0 atom stereocenters. The van der Waals surface area contributed by atoms with E-state index < -0.39 is 5.91 Å². The Morgan fingerprint density at radius 1 is 1.30 bits per heavy atom. The molecular weight excluding hydrogens is 274 g/mol. The number of H-pyrrole nitrogens is 1. The number of aromatic amines is 1. The monoisotopic (exact) mass is 289 g/mol. The third-order valence-electron chi connectivity index (χ3n) is 3.49. The second kappa shape index (κ2) is 5.13. The number of hydrogen-bond acceptors (Lipinski definition) is 3. The van der Waals surface area contributed by atoms with Crippen molar-refractivity contribution in [2.45, 2.75) is 25.7 Å². The molecule has 0 radical (unpaired) electrons. The van der Waals surface area contributed by atoms with Crippen LogP contribution in [0.15, 0.2) is 18.3 Å². The van der Waals surface area contributed by atoms with E-state index >= 15 is 0 Å². The van der Waals surface area contributed by atoms with E-state index in [2.05, 4.69) is 10.3 Å². The summed E-state index contributed by atoms with van der Waals surface area (Å²) in [5.74, 6) is -0.720. The highest BCUT2D eigenvalue weighted by molar-refractivity contribution is 7.17. The number of carbonyl (C=O) groups is 2. The zero-order chi connectivity index (χ0) is 14.1. The predicted molar refractivity (Wildman–Crippen MR) is 78.2 cm³/mol. The van der Waals surface area contributed by atoms with Gasteiger partial charge in [0.25, 0.3) is 11.8 Å². The van der Waals surface area contributed by atoms with Crippen LogP contribution >= 0.6 is 11.3 Å². The van der Waals surface area contributed by atoms with Crippen molar-refractivity contribution in [3.63, 3.8) is 0 Å². The second-order valence-corrected chi connectivity index (χ2v) is 5.92. The van der Waals surface area contributed by atoms with Crippen LogP contribution in [-0.4, -0.2) is 16.8 Å². The van der Waals surface area contributed by atoms with Gasteiger partial charge < -0.3 is 16.0 Å². The highest BCUT2D eigenvalue weighted by Gasteiger charge is 2.25. The highest BCUT2D eigenvalue weighted by atomic mass is 32.1. The van der Waals surface area contributed by atoms with E-state index in [1.54, 1.807) is 18.3 Å². The minimum Gasteiger partial charge on any atom is -0.365 e. The minimum atomic E-state index is -0.466. The molecule has 2 heterocycles. The number of aryl methyl sites for hydroxylation is 1. The van der Waals surface area contributed by atoms with Gasteiger partial charge in [-0.3, -0.25) is 9.59 Å². The Labute approximate surface area is 120 Å². The molecule has 0 unspecified atom stereocenters. The first-order chi connectivity index (χ1) is 9.66. The van der Waals surface area contributed by atoms with Gasteiger partial charge in [-0.15, -0.1) is 11.3 Å². The van der Waals surface area contributed by atoms with Crippen LogP contribution in [0.2, 0.25) is 0 Å². The zero-order valence-electron chi connectivity index (χ0n) is 10.9. The van der Waals surface area contributed by atoms with Gasteiger partial charge in [0, 0.05) is 11.1 Å². The number of aromatic nitrogens is 1. The quantitative estimate of drug-likeness (QED) is 0.809. The Hall–Kier alpha value is -2.08. The van der Waals surface area contributed by atoms with Crippen LogP contribution in [-0.2, 0) is 12.8 Å². The maximum Gasteiger partial charge on any atom is 0.272 e. The summed E-state index contributed by atoms with van der Waals surface area (Å²) in [6.45, 7) is 0. The van der Waals surface area contributed by atoms with Gasteiger partial charge in [0.1, 0.15) is 10.7 Å². The van der Waals surface area contributed by atoms with Crippen LogP contribution in [0.5, 0.6) is 0 Å². The number of carbonyl (C=O) groups excluding carboxylic acids is 2. The van der Waals surface area contributed by atoms with E-state index in [0.717, 1.165) is 31.2 Å². The lowest BCUT2D eigenvalue weighted by Gasteiger charge is -2.11. The normalized spacial score (nSPS) is 13.8. The van der Waals surface area contributed by atoms with Gasteiger partial charge in [0.05, 0.1) is 5.56 Å². The summed E-state index contributed by atoms with van der Waals surface area (Å²) in [5.41, 5.74) is 7.46. The fourth-order valence-electron chi connectivity index (χ4n) is 2.56. The number of primary amides is 1. The van der Waals surface area contributed by atoms with Crippen LogP contribution in [0.3, 0.4) is 0 Å². The smallest absolute Gasteiger partial charge is 0.272 e. The highest BCUT2D eigenvalue weighted by Crippen LogP contribution is 2.37. The first kappa shape index (κ1) is 12.9. The SMILES string of the molecule is NC(=O)c1c(NC(=O)c2ccc[nH]2)sc2c1CCCC2. The molecule has 0 saturated carbocycles. The lowest BCUT2D eigenvalue weighted by molar-refractivity contribution is 0.100. The van der Waals surface area contributed by atoms with Gasteiger partial charge in [-0.25, -0.2) is 0 Å². The average molecular weight is 289 g/mol. The van der Waals surface area contributed by atoms with Crippen LogP contribution in [0.4, 0.5) is 5.00 Å². The van der Waals surface area contributed by atoms with Crippen LogP contribution in [0.25, 0.3) is 0 Å². The van der Waals surface area contributed by atoms with Gasteiger partial charge in [0.15, 0.2) is 0 Å². The lowest BCUT2D eigenvalue weighted by atomic mass is 9.95. The number of anilines is 1. The van der Waals surface area contributed by atoms with Crippen LogP contribution < -0.4 is 11.1 Å². The van der Waals surface area contributed by atoms with Crippen molar-refractivity contribution >= 4 is 28.2 Å². The lowest BCUT2D eigenvalue weighted by Crippen LogP contribution is -2.18. The Balaban J connectivity index is 1.95. The van der Waals surface area contributed by atoms with Gasteiger partial charge in [-0.2, -0.15) is 0 Å². The molecule has 4 N–H and O–H groups in total. The fraction of sp³-hybridized carbons (Fsp3) is 0.286. The predicted octanol–water partition coefficient (Wildman–Crippen LogP) is 2.31. The number of nitrogens with two attached hydrogens (primary N) is 1. The van der Waals surface area contributed by atoms with E-state index in [1.807, 2.05) is 0 Å². The number of hydrogen-bond donors (Lipinski definition) is 3. The van der Waals surface area contributed by atoms with E-state index in [9.17, 15) is 9.59 Å². The number of rotatable bonds is 3. The summed E-state index contributed by atoms with van der Waals surface area (Å²) in [5, 5.41) is 3.37. The maximum absolute atomic E-state index is 12.1. The van der Waals surface area contributed by atoms with E-state index in [1.165, 1.54) is 16.2 Å². The number of nitrogens with one attached hydrogen (secondary N) is 2. The average Bonchev–Trinajstić information content (AvgIpc) is 3.05.